The number of carbonyl (C=O) groups excluding carboxylic acids is 1. The van der Waals surface area contributed by atoms with Crippen LogP contribution in [0.2, 0.25) is 0 Å². The van der Waals surface area contributed by atoms with Crippen molar-refractivity contribution in [1.29, 1.82) is 5.26 Å². The smallest absolute Gasteiger partial charge is 0.167 e. The highest BCUT2D eigenvalue weighted by Gasteiger charge is 2.45. The standard InChI is InChI=1S/C30H30N4O2/c1-18-26(20-9-7-6-8-10-20)29(33-32-18)34-19(2)23(17-31)27(21-11-13-22(36-5)14-12-21)28-24(34)15-30(3,4)16-25(28)35/h6-14,27H,15-16H2,1-5H3,(H,32,33)/t27-/m1/s1. The minimum Gasteiger partial charge on any atom is -0.497 e. The number of benzene rings is 2. The predicted molar refractivity (Wildman–Crippen MR) is 140 cm³/mol. The lowest BCUT2D eigenvalue weighted by Gasteiger charge is -2.43. The molecule has 0 spiro atoms. The molecule has 3 aromatic rings. The number of allylic oxidation sites excluding steroid dienone is 4. The van der Waals surface area contributed by atoms with Crippen LogP contribution in [0.5, 0.6) is 5.75 Å². The third kappa shape index (κ3) is 3.81. The second-order valence-electron chi connectivity index (χ2n) is 10.4. The largest absolute Gasteiger partial charge is 0.497 e. The molecule has 1 N–H and O–H groups in total. The number of Topliss-reactive ketones (excluding diaryl/α,β-unsaturated/α-hetero) is 1. The van der Waals surface area contributed by atoms with Gasteiger partial charge in [-0.05, 0) is 48.9 Å². The number of aromatic amines is 1. The molecule has 1 aliphatic heterocycles. The van der Waals surface area contributed by atoms with Gasteiger partial charge >= 0.3 is 0 Å². The van der Waals surface area contributed by atoms with Gasteiger partial charge in [0.15, 0.2) is 11.6 Å². The fourth-order valence-corrected chi connectivity index (χ4v) is 5.60. The Hall–Kier alpha value is -4.11. The van der Waals surface area contributed by atoms with E-state index in [1.807, 2.05) is 56.3 Å². The lowest BCUT2D eigenvalue weighted by Crippen LogP contribution is -2.39. The number of H-pyrrole nitrogens is 1. The van der Waals surface area contributed by atoms with Crippen LogP contribution in [-0.4, -0.2) is 23.1 Å². The molecule has 0 saturated carbocycles. The van der Waals surface area contributed by atoms with Gasteiger partial charge in [0.05, 0.1) is 24.7 Å². The van der Waals surface area contributed by atoms with Crippen molar-refractivity contribution in [2.45, 2.75) is 46.5 Å². The van der Waals surface area contributed by atoms with E-state index in [0.29, 0.717) is 24.0 Å². The molecule has 2 aromatic carbocycles. The number of aryl methyl sites for hydroxylation is 1. The highest BCUT2D eigenvalue weighted by molar-refractivity contribution is 6.02. The Morgan fingerprint density at radius 3 is 2.42 bits per heavy atom. The number of anilines is 1. The fraction of sp³-hybridized carbons (Fsp3) is 0.300. The molecule has 2 heterocycles. The number of nitrogens with zero attached hydrogens (tertiary/aromatic N) is 3. The summed E-state index contributed by atoms with van der Waals surface area (Å²) in [5.41, 5.74) is 6.62. The maximum absolute atomic E-state index is 13.8. The molecule has 36 heavy (non-hydrogen) atoms. The quantitative estimate of drug-likeness (QED) is 0.467. The number of methoxy groups -OCH3 is 1. The van der Waals surface area contributed by atoms with Gasteiger partial charge in [-0.3, -0.25) is 14.8 Å². The third-order valence-electron chi connectivity index (χ3n) is 7.24. The summed E-state index contributed by atoms with van der Waals surface area (Å²) in [6.45, 7) is 8.21. The van der Waals surface area contributed by atoms with Crippen LogP contribution >= 0.6 is 0 Å². The van der Waals surface area contributed by atoms with Gasteiger partial charge in [-0.2, -0.15) is 10.4 Å². The van der Waals surface area contributed by atoms with Crippen molar-refractivity contribution in [1.82, 2.24) is 10.2 Å². The lowest BCUT2D eigenvalue weighted by atomic mass is 9.68. The van der Waals surface area contributed by atoms with Crippen LogP contribution in [0.25, 0.3) is 11.1 Å². The van der Waals surface area contributed by atoms with Crippen LogP contribution in [-0.2, 0) is 4.79 Å². The SMILES string of the molecule is COc1ccc([C@@H]2C(C#N)=C(C)N(c3n[nH]c(C)c3-c3ccccc3)C3=C2C(=O)CC(C)(C)C3)cc1. The summed E-state index contributed by atoms with van der Waals surface area (Å²) in [6, 6.07) is 20.2. The summed E-state index contributed by atoms with van der Waals surface area (Å²) >= 11 is 0. The molecule has 1 atom stereocenters. The van der Waals surface area contributed by atoms with E-state index < -0.39 is 5.92 Å². The minimum absolute atomic E-state index is 0.0841. The third-order valence-corrected chi connectivity index (χ3v) is 7.24. The van der Waals surface area contributed by atoms with E-state index in [1.54, 1.807) is 7.11 Å². The van der Waals surface area contributed by atoms with Crippen molar-refractivity contribution >= 4 is 11.6 Å². The zero-order chi connectivity index (χ0) is 25.6. The molecule has 5 rings (SSSR count). The second-order valence-corrected chi connectivity index (χ2v) is 10.4. The molecule has 182 valence electrons. The summed E-state index contributed by atoms with van der Waals surface area (Å²) < 4.78 is 5.34. The van der Waals surface area contributed by atoms with Crippen molar-refractivity contribution in [2.24, 2.45) is 5.41 Å². The first kappa shape index (κ1) is 23.6. The van der Waals surface area contributed by atoms with Gasteiger partial charge in [0.2, 0.25) is 0 Å². The van der Waals surface area contributed by atoms with Gasteiger partial charge < -0.3 is 4.74 Å². The molecule has 1 aliphatic carbocycles. The molecule has 6 nitrogen and oxygen atoms in total. The number of ketones is 1. The van der Waals surface area contributed by atoms with Crippen molar-refractivity contribution in [3.8, 4) is 22.9 Å². The van der Waals surface area contributed by atoms with Gasteiger partial charge in [-0.15, -0.1) is 0 Å². The number of hydrogen-bond acceptors (Lipinski definition) is 5. The van der Waals surface area contributed by atoms with E-state index in [9.17, 15) is 10.1 Å². The Morgan fingerprint density at radius 1 is 1.08 bits per heavy atom. The van der Waals surface area contributed by atoms with Crippen LogP contribution in [0, 0.1) is 23.7 Å². The van der Waals surface area contributed by atoms with Crippen molar-refractivity contribution in [2.75, 3.05) is 12.0 Å². The Bertz CT molecular complexity index is 1440. The normalized spacial score (nSPS) is 19.3. The summed E-state index contributed by atoms with van der Waals surface area (Å²) in [6.07, 6.45) is 1.14. The molecule has 0 fully saturated rings. The van der Waals surface area contributed by atoms with Gasteiger partial charge in [0, 0.05) is 34.6 Å². The molecule has 0 radical (unpaired) electrons. The second kappa shape index (κ2) is 8.83. The van der Waals surface area contributed by atoms with E-state index in [1.165, 1.54) is 0 Å². The molecule has 0 saturated heterocycles. The van der Waals surface area contributed by atoms with Crippen molar-refractivity contribution < 1.29 is 9.53 Å². The summed E-state index contributed by atoms with van der Waals surface area (Å²) in [5, 5.41) is 18.3. The van der Waals surface area contributed by atoms with Crippen LogP contribution in [0.1, 0.15) is 50.8 Å². The fourth-order valence-electron chi connectivity index (χ4n) is 5.60. The number of nitriles is 1. The maximum Gasteiger partial charge on any atom is 0.167 e. The summed E-state index contributed by atoms with van der Waals surface area (Å²) in [4.78, 5) is 15.8. The monoisotopic (exact) mass is 478 g/mol. The number of nitrogens with one attached hydrogen (secondary N) is 1. The van der Waals surface area contributed by atoms with Crippen LogP contribution in [0.3, 0.4) is 0 Å². The zero-order valence-electron chi connectivity index (χ0n) is 21.3. The maximum atomic E-state index is 13.8. The van der Waals surface area contributed by atoms with E-state index >= 15 is 0 Å². The van der Waals surface area contributed by atoms with Gasteiger partial charge in [-0.25, -0.2) is 0 Å². The van der Waals surface area contributed by atoms with Crippen LogP contribution in [0.15, 0.2) is 77.1 Å². The average molecular weight is 479 g/mol. The Kier molecular flexibility index (Phi) is 5.80. The first-order valence-electron chi connectivity index (χ1n) is 12.2. The summed E-state index contributed by atoms with van der Waals surface area (Å²) in [7, 11) is 1.63. The van der Waals surface area contributed by atoms with E-state index in [2.05, 4.69) is 42.0 Å². The molecule has 2 aliphatic rings. The highest BCUT2D eigenvalue weighted by atomic mass is 16.5. The number of hydrogen-bond donors (Lipinski definition) is 1. The molecular weight excluding hydrogens is 448 g/mol. The predicted octanol–water partition coefficient (Wildman–Crippen LogP) is 6.44. The Morgan fingerprint density at radius 2 is 1.78 bits per heavy atom. The first-order valence-corrected chi connectivity index (χ1v) is 12.2. The number of rotatable bonds is 4. The van der Waals surface area contributed by atoms with E-state index in [4.69, 9.17) is 9.84 Å². The first-order chi connectivity index (χ1) is 17.3. The molecule has 6 heteroatoms. The zero-order valence-corrected chi connectivity index (χ0v) is 21.3. The van der Waals surface area contributed by atoms with Crippen LogP contribution < -0.4 is 9.64 Å². The van der Waals surface area contributed by atoms with Crippen molar-refractivity contribution in [3.63, 3.8) is 0 Å². The average Bonchev–Trinajstić information content (AvgIpc) is 3.24. The van der Waals surface area contributed by atoms with Gasteiger partial charge in [0.25, 0.3) is 0 Å². The molecule has 0 unspecified atom stereocenters. The van der Waals surface area contributed by atoms with E-state index in [-0.39, 0.29) is 11.2 Å². The molecule has 0 amide bonds. The highest BCUT2D eigenvalue weighted by Crippen LogP contribution is 2.52. The van der Waals surface area contributed by atoms with Crippen LogP contribution in [0.4, 0.5) is 5.82 Å². The Labute approximate surface area is 211 Å². The number of aromatic nitrogens is 2. The summed E-state index contributed by atoms with van der Waals surface area (Å²) in [5.74, 6) is 1.12. The molecule has 1 aromatic heterocycles. The van der Waals surface area contributed by atoms with E-state index in [0.717, 1.165) is 45.3 Å². The molecule has 0 bridgehead atoms. The van der Waals surface area contributed by atoms with Gasteiger partial charge in [-0.1, -0.05) is 56.3 Å². The lowest BCUT2D eigenvalue weighted by molar-refractivity contribution is -0.118. The number of ether oxygens (including phenoxy) is 1. The Balaban J connectivity index is 1.77. The topological polar surface area (TPSA) is 82.0 Å². The number of carbonyl (C=O) groups is 1. The van der Waals surface area contributed by atoms with Crippen molar-refractivity contribution in [3.05, 3.63) is 88.4 Å². The molecular formula is C30H30N4O2. The van der Waals surface area contributed by atoms with Gasteiger partial charge in [0.1, 0.15) is 5.75 Å². The minimum atomic E-state index is -0.420.